The van der Waals surface area contributed by atoms with E-state index < -0.39 is 5.54 Å². The number of hydrogen-bond donors (Lipinski definition) is 1. The predicted octanol–water partition coefficient (Wildman–Crippen LogP) is 5.88. The number of likely N-dealkylation sites (tertiary alicyclic amines) is 1. The van der Waals surface area contributed by atoms with Crippen LogP contribution >= 0.6 is 15.9 Å². The summed E-state index contributed by atoms with van der Waals surface area (Å²) in [6, 6.07) is 15.0. The summed E-state index contributed by atoms with van der Waals surface area (Å²) in [5.74, 6) is 0.422. The van der Waals surface area contributed by atoms with Crippen molar-refractivity contribution >= 4 is 33.5 Å². The van der Waals surface area contributed by atoms with Crippen LogP contribution in [0.15, 0.2) is 58.0 Å². The Bertz CT molecular complexity index is 1030. The van der Waals surface area contributed by atoms with E-state index in [1.54, 1.807) is 11.0 Å². The van der Waals surface area contributed by atoms with E-state index in [0.29, 0.717) is 10.2 Å². The lowest BCUT2D eigenvalue weighted by Gasteiger charge is -2.44. The van der Waals surface area contributed by atoms with Gasteiger partial charge in [-0.3, -0.25) is 20.1 Å². The maximum atomic E-state index is 14.2. The van der Waals surface area contributed by atoms with Gasteiger partial charge in [-0.15, -0.1) is 0 Å². The fourth-order valence-corrected chi connectivity index (χ4v) is 5.92. The molecule has 0 atom stereocenters. The van der Waals surface area contributed by atoms with Gasteiger partial charge in [-0.1, -0.05) is 49.6 Å². The second kappa shape index (κ2) is 9.55. The summed E-state index contributed by atoms with van der Waals surface area (Å²) in [5, 5.41) is 3.10. The molecule has 1 N–H and O–H groups in total. The summed E-state index contributed by atoms with van der Waals surface area (Å²) in [5.41, 5.74) is 1.28. The average Bonchev–Trinajstić information content (AvgIpc) is 3.08. The van der Waals surface area contributed by atoms with Gasteiger partial charge in [-0.25, -0.2) is 9.18 Å². The Morgan fingerprint density at radius 1 is 1.06 bits per heavy atom. The van der Waals surface area contributed by atoms with Gasteiger partial charge in [0.15, 0.2) is 0 Å². The number of anilines is 1. The quantitative estimate of drug-likeness (QED) is 0.555. The number of carbonyl (C=O) groups is 1. The van der Waals surface area contributed by atoms with Crippen LogP contribution < -0.4 is 10.2 Å². The molecule has 2 aromatic carbocycles. The van der Waals surface area contributed by atoms with Crippen molar-refractivity contribution in [2.45, 2.75) is 63.1 Å². The second-order valence-electron chi connectivity index (χ2n) is 9.42. The first-order valence-corrected chi connectivity index (χ1v) is 12.8. The Labute approximate surface area is 203 Å². The van der Waals surface area contributed by atoms with Crippen molar-refractivity contribution in [2.24, 2.45) is 4.99 Å². The van der Waals surface area contributed by atoms with Crippen molar-refractivity contribution in [1.82, 2.24) is 10.2 Å². The normalized spacial score (nSPS) is 22.8. The smallest absolute Gasteiger partial charge is 0.299 e. The van der Waals surface area contributed by atoms with Gasteiger partial charge < -0.3 is 0 Å². The van der Waals surface area contributed by atoms with Gasteiger partial charge >= 0.3 is 6.03 Å². The lowest BCUT2D eigenvalue weighted by atomic mass is 9.84. The Kier molecular flexibility index (Phi) is 6.52. The van der Waals surface area contributed by atoms with Crippen molar-refractivity contribution in [2.75, 3.05) is 18.0 Å². The zero-order valence-electron chi connectivity index (χ0n) is 18.8. The molecule has 0 bridgehead atoms. The average molecular weight is 513 g/mol. The summed E-state index contributed by atoms with van der Waals surface area (Å²) in [7, 11) is 0. The number of urea groups is 1. The molecule has 2 heterocycles. The van der Waals surface area contributed by atoms with Gasteiger partial charge in [0.1, 0.15) is 17.2 Å². The molecule has 2 aromatic rings. The standard InChI is InChI=1S/C26H30BrFN4O/c27-22-12-11-20(28)17-23(22)32-25(33)30-24(29-21-9-5-2-6-10-21)26(32)13-15-31(16-14-26)18-19-7-3-1-4-8-19/h1,3-4,7-8,11-12,17,21H,2,5-6,9-10,13-16,18H2,(H,29,30,33). The van der Waals surface area contributed by atoms with E-state index in [1.165, 1.54) is 37.0 Å². The zero-order valence-corrected chi connectivity index (χ0v) is 20.4. The molecule has 5 nitrogen and oxygen atoms in total. The third-order valence-electron chi connectivity index (χ3n) is 7.26. The lowest BCUT2D eigenvalue weighted by Crippen LogP contribution is -2.57. The lowest BCUT2D eigenvalue weighted by molar-refractivity contribution is 0.184. The maximum absolute atomic E-state index is 14.2. The van der Waals surface area contributed by atoms with Crippen LogP contribution in [0.3, 0.4) is 0 Å². The maximum Gasteiger partial charge on any atom is 0.328 e. The molecule has 0 aromatic heterocycles. The summed E-state index contributed by atoms with van der Waals surface area (Å²) < 4.78 is 15.0. The van der Waals surface area contributed by atoms with Crippen molar-refractivity contribution < 1.29 is 9.18 Å². The van der Waals surface area contributed by atoms with E-state index >= 15 is 0 Å². The number of rotatable bonds is 4. The largest absolute Gasteiger partial charge is 0.328 e. The van der Waals surface area contributed by atoms with Crippen molar-refractivity contribution in [3.05, 3.63) is 64.4 Å². The van der Waals surface area contributed by atoms with Crippen molar-refractivity contribution in [3.8, 4) is 0 Å². The Morgan fingerprint density at radius 2 is 1.79 bits per heavy atom. The van der Waals surface area contributed by atoms with Gasteiger partial charge in [-0.05, 0) is 65.4 Å². The number of benzene rings is 2. The molecule has 33 heavy (non-hydrogen) atoms. The van der Waals surface area contributed by atoms with E-state index in [4.69, 9.17) is 4.99 Å². The summed E-state index contributed by atoms with van der Waals surface area (Å²) in [6.45, 7) is 2.57. The number of nitrogens with zero attached hydrogens (tertiary/aromatic N) is 3. The van der Waals surface area contributed by atoms with Crippen molar-refractivity contribution in [3.63, 3.8) is 0 Å². The van der Waals surface area contributed by atoms with Crippen molar-refractivity contribution in [1.29, 1.82) is 0 Å². The van der Waals surface area contributed by atoms with Crippen LogP contribution in [-0.2, 0) is 6.54 Å². The van der Waals surface area contributed by atoms with E-state index in [2.05, 4.69) is 50.4 Å². The molecule has 3 fully saturated rings. The molecule has 7 heteroatoms. The van der Waals surface area contributed by atoms with Crippen LogP contribution in [-0.4, -0.2) is 41.4 Å². The van der Waals surface area contributed by atoms with Gasteiger partial charge in [0.05, 0.1) is 11.7 Å². The van der Waals surface area contributed by atoms with Crippen LogP contribution in [0.5, 0.6) is 0 Å². The van der Waals surface area contributed by atoms with Gasteiger partial charge in [0.2, 0.25) is 0 Å². The Morgan fingerprint density at radius 3 is 2.52 bits per heavy atom. The van der Waals surface area contributed by atoms with Gasteiger partial charge in [0.25, 0.3) is 0 Å². The molecule has 2 saturated heterocycles. The number of amidine groups is 1. The van der Waals surface area contributed by atoms with E-state index in [1.807, 2.05) is 6.07 Å². The molecule has 1 aliphatic carbocycles. The molecular weight excluding hydrogens is 483 g/mol. The van der Waals surface area contributed by atoms with Crippen LogP contribution in [0, 0.1) is 5.82 Å². The molecule has 2 amide bonds. The zero-order chi connectivity index (χ0) is 22.8. The minimum Gasteiger partial charge on any atom is -0.299 e. The number of carbonyl (C=O) groups excluding carboxylic acids is 1. The molecule has 5 rings (SSSR count). The van der Waals surface area contributed by atoms with E-state index in [9.17, 15) is 9.18 Å². The molecular formula is C26H30BrFN4O. The highest BCUT2D eigenvalue weighted by molar-refractivity contribution is 9.10. The van der Waals surface area contributed by atoms with Gasteiger partial charge in [-0.2, -0.15) is 0 Å². The molecule has 1 spiro atoms. The fourth-order valence-electron chi connectivity index (χ4n) is 5.50. The topological polar surface area (TPSA) is 47.9 Å². The van der Waals surface area contributed by atoms with Crippen LogP contribution in [0.2, 0.25) is 0 Å². The highest BCUT2D eigenvalue weighted by Gasteiger charge is 2.53. The summed E-state index contributed by atoms with van der Waals surface area (Å²) in [4.78, 5) is 22.6. The number of piperidine rings is 1. The minimum absolute atomic E-state index is 0.215. The number of hydrogen-bond acceptors (Lipinski definition) is 3. The third-order valence-corrected chi connectivity index (χ3v) is 7.94. The number of halogens is 2. The minimum atomic E-state index is -0.571. The first-order chi connectivity index (χ1) is 16.0. The third kappa shape index (κ3) is 4.58. The molecule has 3 aliphatic rings. The number of nitrogens with one attached hydrogen (secondary N) is 1. The molecule has 1 saturated carbocycles. The molecule has 0 unspecified atom stereocenters. The Balaban J connectivity index is 1.46. The summed E-state index contributed by atoms with van der Waals surface area (Å²) in [6.07, 6.45) is 7.28. The monoisotopic (exact) mass is 512 g/mol. The van der Waals surface area contributed by atoms with Crippen LogP contribution in [0.25, 0.3) is 0 Å². The SMILES string of the molecule is O=C1NC(=NC2CCCCC2)C2(CCN(Cc3ccccc3)CC2)N1c1cc(F)ccc1Br. The number of amides is 2. The molecule has 174 valence electrons. The Hall–Kier alpha value is -2.25. The number of aliphatic imine (C=N–C) groups is 1. The first-order valence-electron chi connectivity index (χ1n) is 12.0. The van der Waals surface area contributed by atoms with Crippen LogP contribution in [0.1, 0.15) is 50.5 Å². The van der Waals surface area contributed by atoms with E-state index in [0.717, 1.165) is 51.2 Å². The highest BCUT2D eigenvalue weighted by Crippen LogP contribution is 2.41. The predicted molar refractivity (Wildman–Crippen MR) is 133 cm³/mol. The fraction of sp³-hybridized carbons (Fsp3) is 0.462. The van der Waals surface area contributed by atoms with Gasteiger partial charge in [0, 0.05) is 24.1 Å². The first kappa shape index (κ1) is 22.5. The van der Waals surface area contributed by atoms with Crippen LogP contribution in [0.4, 0.5) is 14.9 Å². The summed E-state index contributed by atoms with van der Waals surface area (Å²) >= 11 is 3.55. The molecule has 0 radical (unpaired) electrons. The highest BCUT2D eigenvalue weighted by atomic mass is 79.9. The molecule has 2 aliphatic heterocycles. The second-order valence-corrected chi connectivity index (χ2v) is 10.3. The van der Waals surface area contributed by atoms with E-state index in [-0.39, 0.29) is 17.9 Å².